The van der Waals surface area contributed by atoms with Gasteiger partial charge in [-0.2, -0.15) is 0 Å². The number of hydrogen-bond donors (Lipinski definition) is 0. The van der Waals surface area contributed by atoms with Crippen molar-refractivity contribution in [1.82, 2.24) is 0 Å². The summed E-state index contributed by atoms with van der Waals surface area (Å²) in [5, 5.41) is 0. The van der Waals surface area contributed by atoms with E-state index in [1.54, 1.807) is 0 Å². The molecular formula is C54H33B2NS3. The van der Waals surface area contributed by atoms with Crippen LogP contribution >= 0.6 is 35.3 Å². The molecule has 4 aliphatic heterocycles. The molecule has 0 bridgehead atoms. The lowest BCUT2D eigenvalue weighted by molar-refractivity contribution is 1.25. The van der Waals surface area contributed by atoms with E-state index in [9.17, 15) is 0 Å². The van der Waals surface area contributed by atoms with Crippen molar-refractivity contribution in [3.8, 4) is 33.4 Å². The summed E-state index contributed by atoms with van der Waals surface area (Å²) < 4.78 is 0. The Labute approximate surface area is 364 Å². The summed E-state index contributed by atoms with van der Waals surface area (Å²) in [6.45, 7) is 0.218. The molecule has 0 aliphatic carbocycles. The minimum absolute atomic E-state index is 0.0808. The third-order valence-electron chi connectivity index (χ3n) is 12.6. The van der Waals surface area contributed by atoms with Gasteiger partial charge in [-0.05, 0) is 92.7 Å². The molecule has 0 aromatic heterocycles. The van der Waals surface area contributed by atoms with Crippen LogP contribution in [0.4, 0.5) is 17.1 Å². The first-order valence-corrected chi connectivity index (χ1v) is 23.0. The van der Waals surface area contributed by atoms with Crippen LogP contribution in [-0.4, -0.2) is 13.4 Å². The highest BCUT2D eigenvalue weighted by atomic mass is 32.2. The minimum Gasteiger partial charge on any atom is -0.311 e. The van der Waals surface area contributed by atoms with Crippen LogP contribution in [-0.2, 0) is 0 Å². The number of anilines is 3. The average molecular weight is 814 g/mol. The van der Waals surface area contributed by atoms with Crippen LogP contribution in [0.25, 0.3) is 33.4 Å². The molecule has 4 heterocycles. The minimum atomic E-state index is 0.0808. The summed E-state index contributed by atoms with van der Waals surface area (Å²) in [5.41, 5.74) is 19.5. The Kier molecular flexibility index (Phi) is 7.97. The van der Waals surface area contributed by atoms with Gasteiger partial charge in [0.05, 0.1) is 5.69 Å². The smallest absolute Gasteiger partial charge is 0.249 e. The maximum Gasteiger partial charge on any atom is 0.249 e. The number of para-hydroxylation sites is 1. The van der Waals surface area contributed by atoms with Crippen LogP contribution < -0.4 is 37.7 Å². The second kappa shape index (κ2) is 13.8. The molecule has 60 heavy (non-hydrogen) atoms. The van der Waals surface area contributed by atoms with Crippen molar-refractivity contribution in [2.24, 2.45) is 0 Å². The largest absolute Gasteiger partial charge is 0.311 e. The predicted octanol–water partition coefficient (Wildman–Crippen LogP) is 10.9. The number of rotatable bonds is 4. The fourth-order valence-electron chi connectivity index (χ4n) is 10.0. The number of benzene rings is 9. The highest BCUT2D eigenvalue weighted by Crippen LogP contribution is 2.48. The van der Waals surface area contributed by atoms with Gasteiger partial charge in [-0.3, -0.25) is 0 Å². The Morgan fingerprint density at radius 3 is 1.40 bits per heavy atom. The normalized spacial score (nSPS) is 13.7. The van der Waals surface area contributed by atoms with Crippen molar-refractivity contribution in [2.75, 3.05) is 4.90 Å². The van der Waals surface area contributed by atoms with Crippen molar-refractivity contribution in [1.29, 1.82) is 0 Å². The van der Waals surface area contributed by atoms with Gasteiger partial charge in [0.15, 0.2) is 0 Å². The maximum absolute atomic E-state index is 2.63. The van der Waals surface area contributed by atoms with Crippen molar-refractivity contribution >= 4 is 98.6 Å². The van der Waals surface area contributed by atoms with E-state index < -0.39 is 0 Å². The lowest BCUT2D eigenvalue weighted by atomic mass is 9.32. The lowest BCUT2D eigenvalue weighted by Gasteiger charge is -2.42. The number of nitrogens with zero attached hydrogens (tertiary/aromatic N) is 1. The molecule has 0 spiro atoms. The molecule has 278 valence electrons. The third kappa shape index (κ3) is 5.34. The Morgan fingerprint density at radius 1 is 0.283 bits per heavy atom. The topological polar surface area (TPSA) is 3.24 Å². The molecule has 4 aliphatic rings. The first-order chi connectivity index (χ1) is 29.7. The standard InChI is InChI=1S/C54H33B2NS3/c1-4-16-34(17-5-1)37-28-46-53-50(29-37)58-47-26-14-11-23-40(47)55(53)42-32-43-49(33-45(42)57(46)44-25-13-10-22-39(44)36-20-8-3-9-21-36)60-52-31-38(35-18-6-2-7-19-35)30-51-54(52)56(43)41-24-12-15-27-48(41)59-51/h1-33H. The fourth-order valence-corrected chi connectivity index (χ4v) is 13.7. The van der Waals surface area contributed by atoms with E-state index in [2.05, 4.69) is 205 Å². The van der Waals surface area contributed by atoms with Gasteiger partial charge in [0.2, 0.25) is 13.4 Å². The predicted molar refractivity (Wildman–Crippen MR) is 258 cm³/mol. The van der Waals surface area contributed by atoms with Gasteiger partial charge in [-0.25, -0.2) is 0 Å². The number of fused-ring (bicyclic) bond motifs is 8. The monoisotopic (exact) mass is 813 g/mol. The van der Waals surface area contributed by atoms with Gasteiger partial charge in [-0.1, -0.05) is 203 Å². The van der Waals surface area contributed by atoms with Crippen LogP contribution in [0.2, 0.25) is 0 Å². The second-order valence-corrected chi connectivity index (χ2v) is 19.2. The van der Waals surface area contributed by atoms with E-state index in [1.165, 1.54) is 113 Å². The summed E-state index contributed by atoms with van der Waals surface area (Å²) in [5.74, 6) is 0. The van der Waals surface area contributed by atoms with Crippen LogP contribution in [0.15, 0.2) is 230 Å². The van der Waals surface area contributed by atoms with Crippen molar-refractivity contribution in [3.63, 3.8) is 0 Å². The molecule has 0 radical (unpaired) electrons. The van der Waals surface area contributed by atoms with Crippen LogP contribution in [0.3, 0.4) is 0 Å². The highest BCUT2D eigenvalue weighted by Gasteiger charge is 2.45. The van der Waals surface area contributed by atoms with Crippen LogP contribution in [0.1, 0.15) is 0 Å². The molecule has 0 fully saturated rings. The Hall–Kier alpha value is -6.04. The molecule has 0 saturated carbocycles. The zero-order chi connectivity index (χ0) is 39.3. The highest BCUT2D eigenvalue weighted by molar-refractivity contribution is 8.01. The van der Waals surface area contributed by atoms with Crippen molar-refractivity contribution in [3.05, 3.63) is 200 Å². The zero-order valence-corrected chi connectivity index (χ0v) is 34.8. The fraction of sp³-hybridized carbons (Fsp3) is 0. The molecule has 0 atom stereocenters. The molecule has 0 N–H and O–H groups in total. The molecule has 13 rings (SSSR count). The van der Waals surface area contributed by atoms with Gasteiger partial charge in [-0.15, -0.1) is 0 Å². The summed E-state index contributed by atoms with van der Waals surface area (Å²) >= 11 is 5.81. The summed E-state index contributed by atoms with van der Waals surface area (Å²) in [6.07, 6.45) is 0. The van der Waals surface area contributed by atoms with Crippen LogP contribution in [0.5, 0.6) is 0 Å². The Balaban J connectivity index is 1.11. The zero-order valence-electron chi connectivity index (χ0n) is 32.4. The third-order valence-corrected chi connectivity index (χ3v) is 16.1. The first-order valence-electron chi connectivity index (χ1n) is 20.6. The van der Waals surface area contributed by atoms with E-state index in [0.29, 0.717) is 0 Å². The SMILES string of the molecule is c1ccc(-c2cc3c4c(c2)Sc2cc5c(cc2B4c2ccccc2S3)B2c3ccccc3Sc3cc(-c4ccccc4)cc(c32)N5c2ccccc2-c2ccccc2)cc1. The van der Waals surface area contributed by atoms with Gasteiger partial charge in [0.1, 0.15) is 0 Å². The van der Waals surface area contributed by atoms with Gasteiger partial charge >= 0.3 is 0 Å². The van der Waals surface area contributed by atoms with E-state index in [-0.39, 0.29) is 13.4 Å². The van der Waals surface area contributed by atoms with Gasteiger partial charge in [0.25, 0.3) is 0 Å². The summed E-state index contributed by atoms with van der Waals surface area (Å²) in [4.78, 5) is 10.7. The molecule has 0 amide bonds. The van der Waals surface area contributed by atoms with E-state index in [1.807, 2.05) is 35.3 Å². The molecule has 0 saturated heterocycles. The van der Waals surface area contributed by atoms with E-state index >= 15 is 0 Å². The summed E-state index contributed by atoms with van der Waals surface area (Å²) in [6, 6.07) is 74.9. The first kappa shape index (κ1) is 34.8. The maximum atomic E-state index is 2.63. The van der Waals surface area contributed by atoms with Crippen molar-refractivity contribution < 1.29 is 0 Å². The number of hydrogen-bond acceptors (Lipinski definition) is 4. The lowest BCUT2D eigenvalue weighted by Crippen LogP contribution is -2.63. The van der Waals surface area contributed by atoms with Gasteiger partial charge < -0.3 is 4.90 Å². The Bertz CT molecular complexity index is 3210. The molecular weight excluding hydrogens is 780 g/mol. The molecule has 9 aromatic carbocycles. The van der Waals surface area contributed by atoms with Crippen LogP contribution in [0, 0.1) is 0 Å². The average Bonchev–Trinajstić information content (AvgIpc) is 3.31. The quantitative estimate of drug-likeness (QED) is 0.163. The molecule has 1 nitrogen and oxygen atoms in total. The molecule has 0 unspecified atom stereocenters. The molecule has 9 aromatic rings. The van der Waals surface area contributed by atoms with E-state index in [0.717, 1.165) is 0 Å². The Morgan fingerprint density at radius 2 is 0.767 bits per heavy atom. The summed E-state index contributed by atoms with van der Waals surface area (Å²) in [7, 11) is 0. The van der Waals surface area contributed by atoms with E-state index in [4.69, 9.17) is 0 Å². The van der Waals surface area contributed by atoms with Gasteiger partial charge in [0, 0.05) is 46.3 Å². The van der Waals surface area contributed by atoms with Crippen molar-refractivity contribution in [2.45, 2.75) is 29.4 Å². The second-order valence-electron chi connectivity index (χ2n) is 15.9. The molecule has 6 heteroatoms.